The van der Waals surface area contributed by atoms with Gasteiger partial charge in [0, 0.05) is 23.3 Å². The smallest absolute Gasteiger partial charge is 0.330 e. The Morgan fingerprint density at radius 1 is 1.13 bits per heavy atom. The third-order valence-corrected chi connectivity index (χ3v) is 2.93. The molecule has 0 radical (unpaired) electrons. The second-order valence-corrected chi connectivity index (χ2v) is 4.68. The molecule has 5 nitrogen and oxygen atoms in total. The minimum absolute atomic E-state index is 0.0638. The van der Waals surface area contributed by atoms with Crippen LogP contribution in [-0.4, -0.2) is 30.1 Å². The van der Waals surface area contributed by atoms with Gasteiger partial charge in [-0.25, -0.2) is 4.79 Å². The zero-order valence-electron chi connectivity index (χ0n) is 13.2. The van der Waals surface area contributed by atoms with Crippen molar-refractivity contribution in [2.45, 2.75) is 13.8 Å². The number of carbonyl (C=O) groups excluding carboxylic acids is 2. The first kappa shape index (κ1) is 18.2. The van der Waals surface area contributed by atoms with Gasteiger partial charge in [0.05, 0.1) is 5.76 Å². The van der Waals surface area contributed by atoms with E-state index in [1.807, 2.05) is 6.07 Å². The van der Waals surface area contributed by atoms with Crippen molar-refractivity contribution in [1.29, 1.82) is 0 Å². The maximum Gasteiger partial charge on any atom is 0.330 e. The van der Waals surface area contributed by atoms with E-state index in [0.717, 1.165) is 6.08 Å². The molecule has 0 heterocycles. The van der Waals surface area contributed by atoms with E-state index in [1.165, 1.54) is 6.08 Å². The molecule has 1 rings (SSSR count). The summed E-state index contributed by atoms with van der Waals surface area (Å²) in [7, 11) is 0. The lowest BCUT2D eigenvalue weighted by Crippen LogP contribution is -2.08. The van der Waals surface area contributed by atoms with Crippen LogP contribution in [0.1, 0.15) is 19.4 Å². The largest absolute Gasteiger partial charge is 0.507 e. The number of aliphatic hydroxyl groups excluding tert-OH is 1. The average Bonchev–Trinajstić information content (AvgIpc) is 2.57. The van der Waals surface area contributed by atoms with Gasteiger partial charge < -0.3 is 14.6 Å². The fraction of sp³-hybridized carbons (Fsp3) is 0.222. The Bertz CT molecular complexity index is 626. The van der Waals surface area contributed by atoms with Gasteiger partial charge in [0.15, 0.2) is 5.78 Å². The minimum Gasteiger partial charge on any atom is -0.507 e. The van der Waals surface area contributed by atoms with Crippen LogP contribution < -0.4 is 0 Å². The molecule has 0 amide bonds. The highest BCUT2D eigenvalue weighted by Crippen LogP contribution is 2.16. The summed E-state index contributed by atoms with van der Waals surface area (Å²) < 4.78 is 10.0. The Balaban J connectivity index is 2.62. The number of ketones is 1. The molecular formula is C18H20O5. The third-order valence-electron chi connectivity index (χ3n) is 2.93. The Morgan fingerprint density at radius 2 is 1.74 bits per heavy atom. The molecule has 1 N–H and O–H groups in total. The molecule has 23 heavy (non-hydrogen) atoms. The van der Waals surface area contributed by atoms with E-state index in [4.69, 9.17) is 9.47 Å². The lowest BCUT2D eigenvalue weighted by Gasteiger charge is -2.07. The fourth-order valence-corrected chi connectivity index (χ4v) is 1.67. The quantitative estimate of drug-likeness (QED) is 0.345. The van der Waals surface area contributed by atoms with Crippen LogP contribution in [0.3, 0.4) is 0 Å². The van der Waals surface area contributed by atoms with E-state index in [-0.39, 0.29) is 30.3 Å². The number of carbonyl (C=O) groups is 2. The van der Waals surface area contributed by atoms with E-state index >= 15 is 0 Å². The van der Waals surface area contributed by atoms with Gasteiger partial charge in [0.2, 0.25) is 0 Å². The summed E-state index contributed by atoms with van der Waals surface area (Å²) in [5.74, 6) is -0.589. The SMILES string of the molecule is C=CC(=O)OCCO/C(C)=C/C(=O)C(C)=C(O)c1ccccc1. The van der Waals surface area contributed by atoms with Gasteiger partial charge in [-0.1, -0.05) is 36.9 Å². The summed E-state index contributed by atoms with van der Waals surface area (Å²) in [4.78, 5) is 22.9. The first-order valence-electron chi connectivity index (χ1n) is 7.05. The Labute approximate surface area is 135 Å². The summed E-state index contributed by atoms with van der Waals surface area (Å²) in [6.07, 6.45) is 2.34. The Morgan fingerprint density at radius 3 is 2.35 bits per heavy atom. The van der Waals surface area contributed by atoms with Crippen molar-refractivity contribution < 1.29 is 24.2 Å². The third kappa shape index (κ3) is 6.22. The number of hydrogen-bond donors (Lipinski definition) is 1. The van der Waals surface area contributed by atoms with Crippen molar-refractivity contribution in [2.75, 3.05) is 13.2 Å². The van der Waals surface area contributed by atoms with E-state index in [2.05, 4.69) is 6.58 Å². The Kier molecular flexibility index (Phi) is 7.33. The van der Waals surface area contributed by atoms with Gasteiger partial charge in [-0.3, -0.25) is 4.79 Å². The molecule has 0 atom stereocenters. The highest BCUT2D eigenvalue weighted by molar-refractivity contribution is 6.08. The molecule has 0 aliphatic heterocycles. The van der Waals surface area contributed by atoms with Crippen molar-refractivity contribution in [3.05, 3.63) is 66.0 Å². The van der Waals surface area contributed by atoms with Gasteiger partial charge in [-0.15, -0.1) is 0 Å². The van der Waals surface area contributed by atoms with Crippen molar-refractivity contribution in [3.63, 3.8) is 0 Å². The molecule has 0 aliphatic rings. The zero-order valence-corrected chi connectivity index (χ0v) is 13.2. The van der Waals surface area contributed by atoms with Crippen LogP contribution in [0, 0.1) is 0 Å². The maximum absolute atomic E-state index is 12.1. The first-order chi connectivity index (χ1) is 11.0. The number of ether oxygens (including phenoxy) is 2. The van der Waals surface area contributed by atoms with Crippen LogP contribution in [0.25, 0.3) is 5.76 Å². The lowest BCUT2D eigenvalue weighted by atomic mass is 10.1. The lowest BCUT2D eigenvalue weighted by molar-refractivity contribution is -0.138. The number of hydrogen-bond acceptors (Lipinski definition) is 5. The van der Waals surface area contributed by atoms with Gasteiger partial charge in [0.1, 0.15) is 19.0 Å². The summed E-state index contributed by atoms with van der Waals surface area (Å²) in [6.45, 7) is 6.62. The molecule has 0 saturated heterocycles. The highest BCUT2D eigenvalue weighted by atomic mass is 16.6. The summed E-state index contributed by atoms with van der Waals surface area (Å²) in [5.41, 5.74) is 0.791. The topological polar surface area (TPSA) is 72.8 Å². The molecule has 0 spiro atoms. The number of allylic oxidation sites excluding steroid dienone is 3. The second-order valence-electron chi connectivity index (χ2n) is 4.68. The Hall–Kier alpha value is -2.82. The predicted molar refractivity (Wildman–Crippen MR) is 87.5 cm³/mol. The molecule has 0 aromatic heterocycles. The summed E-state index contributed by atoms with van der Waals surface area (Å²) in [5, 5.41) is 10.1. The van der Waals surface area contributed by atoms with Gasteiger partial charge in [-0.2, -0.15) is 0 Å². The van der Waals surface area contributed by atoms with Crippen LogP contribution in [0.15, 0.2) is 60.4 Å². The van der Waals surface area contributed by atoms with E-state index in [1.54, 1.807) is 38.1 Å². The zero-order chi connectivity index (χ0) is 17.2. The summed E-state index contributed by atoms with van der Waals surface area (Å²) in [6, 6.07) is 8.81. The first-order valence-corrected chi connectivity index (χ1v) is 7.05. The van der Waals surface area contributed by atoms with Crippen molar-refractivity contribution in [1.82, 2.24) is 0 Å². The molecule has 0 unspecified atom stereocenters. The molecule has 1 aromatic rings. The van der Waals surface area contributed by atoms with Gasteiger partial charge >= 0.3 is 5.97 Å². The van der Waals surface area contributed by atoms with Gasteiger partial charge in [-0.05, 0) is 13.8 Å². The molecule has 0 aliphatic carbocycles. The van der Waals surface area contributed by atoms with E-state index in [9.17, 15) is 14.7 Å². The van der Waals surface area contributed by atoms with Crippen molar-refractivity contribution in [2.24, 2.45) is 0 Å². The molecular weight excluding hydrogens is 296 g/mol. The van der Waals surface area contributed by atoms with Gasteiger partial charge in [0.25, 0.3) is 0 Å². The van der Waals surface area contributed by atoms with Crippen LogP contribution in [-0.2, 0) is 19.1 Å². The molecule has 122 valence electrons. The number of esters is 1. The standard InChI is InChI=1S/C18H20O5/c1-4-17(20)23-11-10-22-13(2)12-16(19)14(3)18(21)15-8-6-5-7-9-15/h4-9,12,21H,1,10-11H2,2-3H3/b13-12+,18-14?. The van der Waals surface area contributed by atoms with Crippen LogP contribution in [0.4, 0.5) is 0 Å². The average molecular weight is 316 g/mol. The van der Waals surface area contributed by atoms with Crippen LogP contribution in [0.2, 0.25) is 0 Å². The van der Waals surface area contributed by atoms with E-state index in [0.29, 0.717) is 11.3 Å². The number of rotatable bonds is 8. The number of aliphatic hydroxyl groups is 1. The summed E-state index contributed by atoms with van der Waals surface area (Å²) >= 11 is 0. The van der Waals surface area contributed by atoms with E-state index < -0.39 is 5.97 Å². The molecule has 0 fully saturated rings. The van der Waals surface area contributed by atoms with Crippen molar-refractivity contribution in [3.8, 4) is 0 Å². The monoisotopic (exact) mass is 316 g/mol. The normalized spacial score (nSPS) is 12.2. The predicted octanol–water partition coefficient (Wildman–Crippen LogP) is 3.19. The molecule has 0 bridgehead atoms. The number of benzene rings is 1. The minimum atomic E-state index is -0.530. The fourth-order valence-electron chi connectivity index (χ4n) is 1.67. The molecule has 1 aromatic carbocycles. The second kappa shape index (κ2) is 9.25. The van der Waals surface area contributed by atoms with Crippen LogP contribution >= 0.6 is 0 Å². The van der Waals surface area contributed by atoms with Crippen LogP contribution in [0.5, 0.6) is 0 Å². The molecule has 5 heteroatoms. The maximum atomic E-state index is 12.1. The highest BCUT2D eigenvalue weighted by Gasteiger charge is 2.10. The molecule has 0 saturated carbocycles. The van der Waals surface area contributed by atoms with Crippen molar-refractivity contribution >= 4 is 17.5 Å².